The van der Waals surface area contributed by atoms with Crippen molar-refractivity contribution in [1.82, 2.24) is 19.3 Å². The Morgan fingerprint density at radius 3 is 2.50 bits per heavy atom. The first-order chi connectivity index (χ1) is 19.5. The molecule has 0 spiro atoms. The quantitative estimate of drug-likeness (QED) is 0.276. The Morgan fingerprint density at radius 2 is 1.68 bits per heavy atom. The van der Waals surface area contributed by atoms with Gasteiger partial charge in [0.25, 0.3) is 5.91 Å². The largest absolute Gasteiger partial charge is 0.366 e. The van der Waals surface area contributed by atoms with Crippen LogP contribution in [-0.4, -0.2) is 32.3 Å². The molecule has 0 atom stereocenters. The van der Waals surface area contributed by atoms with E-state index in [1.54, 1.807) is 16.9 Å². The molecule has 0 bridgehead atoms. The lowest BCUT2D eigenvalue weighted by molar-refractivity contribution is 0.100. The van der Waals surface area contributed by atoms with Gasteiger partial charge in [0.2, 0.25) is 0 Å². The Kier molecular flexibility index (Phi) is 5.38. The van der Waals surface area contributed by atoms with Gasteiger partial charge in [0.15, 0.2) is 0 Å². The fourth-order valence-electron chi connectivity index (χ4n) is 5.62. The fraction of sp³-hybridized carbons (Fsp3) is 0.0606. The first kappa shape index (κ1) is 23.7. The topological polar surface area (TPSA) is 82.0 Å². The molecule has 0 saturated heterocycles. The Morgan fingerprint density at radius 1 is 0.875 bits per heavy atom. The van der Waals surface area contributed by atoms with Gasteiger partial charge in [-0.15, -0.1) is 0 Å². The standard InChI is InChI=1S/C33H26N6O/c1-37-20-24(19-36-37)38(2)31-17-23(14-15-27(31)33(34)40)39-29-12-6-4-9-26(29)32-25(10-7-13-30(32)39)22-16-21-8-3-5-11-28(21)35-18-22/h3-20H,1-2H3,(H2,34,40). The number of amides is 1. The second-order valence-corrected chi connectivity index (χ2v) is 9.97. The van der Waals surface area contributed by atoms with E-state index in [1.165, 1.54) is 0 Å². The summed E-state index contributed by atoms with van der Waals surface area (Å²) in [5.74, 6) is -0.481. The molecule has 0 aliphatic carbocycles. The molecule has 7 nitrogen and oxygen atoms in total. The fourth-order valence-corrected chi connectivity index (χ4v) is 5.62. The Balaban J connectivity index is 1.48. The van der Waals surface area contributed by atoms with E-state index in [-0.39, 0.29) is 0 Å². The zero-order chi connectivity index (χ0) is 27.4. The first-order valence-electron chi connectivity index (χ1n) is 13.0. The van der Waals surface area contributed by atoms with Crippen molar-refractivity contribution in [1.29, 1.82) is 0 Å². The smallest absolute Gasteiger partial charge is 0.250 e. The highest BCUT2D eigenvalue weighted by atomic mass is 16.1. The van der Waals surface area contributed by atoms with E-state index >= 15 is 0 Å². The minimum absolute atomic E-state index is 0.443. The van der Waals surface area contributed by atoms with Crippen LogP contribution in [0.2, 0.25) is 0 Å². The summed E-state index contributed by atoms with van der Waals surface area (Å²) in [7, 11) is 3.78. The molecule has 0 unspecified atom stereocenters. The summed E-state index contributed by atoms with van der Waals surface area (Å²) in [6.07, 6.45) is 5.62. The molecule has 7 aromatic rings. The summed E-state index contributed by atoms with van der Waals surface area (Å²) in [6.45, 7) is 0. The lowest BCUT2D eigenvalue weighted by Crippen LogP contribution is -2.18. The number of rotatable bonds is 5. The molecule has 0 fully saturated rings. The van der Waals surface area contributed by atoms with Crippen LogP contribution < -0.4 is 10.6 Å². The predicted octanol–water partition coefficient (Wildman–Crippen LogP) is 6.60. The van der Waals surface area contributed by atoms with Gasteiger partial charge >= 0.3 is 0 Å². The summed E-state index contributed by atoms with van der Waals surface area (Å²) in [6, 6.07) is 30.9. The van der Waals surface area contributed by atoms with Crippen LogP contribution in [0.3, 0.4) is 0 Å². The average Bonchev–Trinajstić information content (AvgIpc) is 3.57. The number of nitrogens with two attached hydrogens (primary N) is 1. The second kappa shape index (κ2) is 9.10. The molecule has 4 aromatic carbocycles. The van der Waals surface area contributed by atoms with Gasteiger partial charge in [-0.3, -0.25) is 14.5 Å². The summed E-state index contributed by atoms with van der Waals surface area (Å²) < 4.78 is 3.98. The Bertz CT molecular complexity index is 2090. The van der Waals surface area contributed by atoms with Gasteiger partial charge < -0.3 is 15.2 Å². The molecule has 7 rings (SSSR count). The van der Waals surface area contributed by atoms with Crippen LogP contribution in [0.4, 0.5) is 11.4 Å². The highest BCUT2D eigenvalue weighted by molar-refractivity contribution is 6.16. The van der Waals surface area contributed by atoms with Gasteiger partial charge in [0.1, 0.15) is 0 Å². The zero-order valence-corrected chi connectivity index (χ0v) is 22.1. The summed E-state index contributed by atoms with van der Waals surface area (Å²) >= 11 is 0. The van der Waals surface area contributed by atoms with Crippen LogP contribution >= 0.6 is 0 Å². The number of benzene rings is 4. The van der Waals surface area contributed by atoms with Gasteiger partial charge in [-0.2, -0.15) is 5.10 Å². The van der Waals surface area contributed by atoms with E-state index < -0.39 is 5.91 Å². The van der Waals surface area contributed by atoms with Crippen LogP contribution in [0, 0.1) is 0 Å². The van der Waals surface area contributed by atoms with Crippen molar-refractivity contribution in [3.05, 3.63) is 115 Å². The molecule has 194 valence electrons. The van der Waals surface area contributed by atoms with E-state index in [4.69, 9.17) is 10.7 Å². The molecule has 2 N–H and O–H groups in total. The molecular weight excluding hydrogens is 496 g/mol. The van der Waals surface area contributed by atoms with Crippen molar-refractivity contribution in [2.24, 2.45) is 12.8 Å². The number of hydrogen-bond acceptors (Lipinski definition) is 4. The number of aromatic nitrogens is 4. The Hall–Kier alpha value is -5.43. The molecular formula is C33H26N6O. The van der Waals surface area contributed by atoms with E-state index in [9.17, 15) is 4.79 Å². The maximum atomic E-state index is 12.4. The summed E-state index contributed by atoms with van der Waals surface area (Å²) in [4.78, 5) is 19.1. The van der Waals surface area contributed by atoms with Crippen molar-refractivity contribution in [3.8, 4) is 16.8 Å². The van der Waals surface area contributed by atoms with Gasteiger partial charge in [-0.05, 0) is 48.0 Å². The third-order valence-corrected chi connectivity index (χ3v) is 7.54. The van der Waals surface area contributed by atoms with Gasteiger partial charge in [-0.25, -0.2) is 0 Å². The van der Waals surface area contributed by atoms with E-state index in [0.717, 1.165) is 55.2 Å². The monoisotopic (exact) mass is 522 g/mol. The van der Waals surface area contributed by atoms with Crippen molar-refractivity contribution in [2.45, 2.75) is 0 Å². The summed E-state index contributed by atoms with van der Waals surface area (Å²) in [5.41, 5.74) is 14.0. The second-order valence-electron chi connectivity index (χ2n) is 9.97. The molecule has 1 amide bonds. The minimum Gasteiger partial charge on any atom is -0.366 e. The van der Waals surface area contributed by atoms with Gasteiger partial charge in [-0.1, -0.05) is 48.5 Å². The van der Waals surface area contributed by atoms with Crippen molar-refractivity contribution >= 4 is 50.0 Å². The van der Waals surface area contributed by atoms with E-state index in [2.05, 4.69) is 64.3 Å². The molecule has 0 saturated carbocycles. The number of nitrogens with zero attached hydrogens (tertiary/aromatic N) is 5. The zero-order valence-electron chi connectivity index (χ0n) is 22.1. The number of anilines is 2. The number of carbonyl (C=O) groups is 1. The molecule has 40 heavy (non-hydrogen) atoms. The molecule has 7 heteroatoms. The highest BCUT2D eigenvalue weighted by Crippen LogP contribution is 2.40. The van der Waals surface area contributed by atoms with E-state index in [0.29, 0.717) is 11.3 Å². The number of pyridine rings is 1. The minimum atomic E-state index is -0.481. The predicted molar refractivity (Wildman–Crippen MR) is 161 cm³/mol. The molecule has 3 aromatic heterocycles. The molecule has 3 heterocycles. The van der Waals surface area contributed by atoms with E-state index in [1.807, 2.05) is 61.7 Å². The lowest BCUT2D eigenvalue weighted by atomic mass is 9.99. The number of carbonyl (C=O) groups excluding carboxylic acids is 1. The van der Waals surface area contributed by atoms with Crippen LogP contribution in [0.1, 0.15) is 10.4 Å². The summed E-state index contributed by atoms with van der Waals surface area (Å²) in [5, 5.41) is 7.69. The SMILES string of the molecule is CN(c1cnn(C)c1)c1cc(-n2c3ccccc3c3c(-c4cnc5ccccc5c4)cccc32)ccc1C(N)=O. The molecule has 0 aliphatic rings. The maximum Gasteiger partial charge on any atom is 0.250 e. The number of para-hydroxylation sites is 2. The molecule has 0 radical (unpaired) electrons. The molecule has 0 aliphatic heterocycles. The number of fused-ring (bicyclic) bond motifs is 4. The van der Waals surface area contributed by atoms with Crippen LogP contribution in [0.15, 0.2) is 110 Å². The number of primary amides is 1. The van der Waals surface area contributed by atoms with Crippen molar-refractivity contribution in [3.63, 3.8) is 0 Å². The highest BCUT2D eigenvalue weighted by Gasteiger charge is 2.20. The van der Waals surface area contributed by atoms with Crippen molar-refractivity contribution < 1.29 is 4.79 Å². The van der Waals surface area contributed by atoms with Crippen LogP contribution in [-0.2, 0) is 7.05 Å². The lowest BCUT2D eigenvalue weighted by Gasteiger charge is -2.21. The normalized spacial score (nSPS) is 11.4. The third-order valence-electron chi connectivity index (χ3n) is 7.54. The van der Waals surface area contributed by atoms with Crippen LogP contribution in [0.25, 0.3) is 49.5 Å². The Labute approximate surface area is 230 Å². The van der Waals surface area contributed by atoms with Gasteiger partial charge in [0, 0.05) is 53.9 Å². The third kappa shape index (κ3) is 3.71. The van der Waals surface area contributed by atoms with Gasteiger partial charge in [0.05, 0.1) is 39.7 Å². The number of aryl methyl sites for hydroxylation is 1. The number of hydrogen-bond donors (Lipinski definition) is 1. The maximum absolute atomic E-state index is 12.4. The average molecular weight is 523 g/mol. The van der Waals surface area contributed by atoms with Crippen molar-refractivity contribution in [2.75, 3.05) is 11.9 Å². The first-order valence-corrected chi connectivity index (χ1v) is 13.0. The van der Waals surface area contributed by atoms with Crippen LogP contribution in [0.5, 0.6) is 0 Å².